The van der Waals surface area contributed by atoms with Crippen LogP contribution in [0.15, 0.2) is 42.5 Å². The van der Waals surface area contributed by atoms with E-state index in [1.165, 1.54) is 24.3 Å². The first-order chi connectivity index (χ1) is 19.9. The van der Waals surface area contributed by atoms with Crippen molar-refractivity contribution in [3.63, 3.8) is 0 Å². The molecule has 4 atom stereocenters. The summed E-state index contributed by atoms with van der Waals surface area (Å²) in [5.74, 6) is 5.30. The van der Waals surface area contributed by atoms with Crippen molar-refractivity contribution in [2.24, 2.45) is 5.41 Å². The maximum Gasteiger partial charge on any atom is 0.416 e. The number of rotatable bonds is 8. The molecule has 2 aromatic carbocycles. The average Bonchev–Trinajstić information content (AvgIpc) is 2.89. The molecule has 0 N–H and O–H groups in total. The van der Waals surface area contributed by atoms with Gasteiger partial charge in [-0.05, 0) is 60.0 Å². The topological polar surface area (TPSA) is 30.9 Å². The number of ether oxygens (including phenoxy) is 2. The molecule has 43 heavy (non-hydrogen) atoms. The van der Waals surface area contributed by atoms with E-state index in [2.05, 4.69) is 11.8 Å². The molecule has 3 rings (SSSR count). The van der Waals surface area contributed by atoms with E-state index < -0.39 is 68.3 Å². The lowest BCUT2D eigenvalue weighted by molar-refractivity contribution is -0.249. The summed E-state index contributed by atoms with van der Waals surface area (Å²) in [6.45, 7) is 9.74. The van der Waals surface area contributed by atoms with Crippen LogP contribution >= 0.6 is 11.6 Å². The third kappa shape index (κ3) is 9.67. The third-order valence-corrected chi connectivity index (χ3v) is 7.74. The lowest BCUT2D eigenvalue weighted by atomic mass is 9.82. The fraction of sp³-hybridized carbons (Fsp3) is 0.533. The molecule has 1 aliphatic heterocycles. The summed E-state index contributed by atoms with van der Waals surface area (Å²) >= 11 is 5.71. The lowest BCUT2D eigenvalue weighted by Gasteiger charge is -2.45. The number of nitrogens with zero attached hydrogens (tertiary/aromatic N) is 1. The molecule has 13 heteroatoms. The van der Waals surface area contributed by atoms with Gasteiger partial charge in [0.1, 0.15) is 11.9 Å². The monoisotopic (exact) mass is 653 g/mol. The van der Waals surface area contributed by atoms with Gasteiger partial charge in [0.15, 0.2) is 15.3 Å². The summed E-state index contributed by atoms with van der Waals surface area (Å²) < 4.78 is 116. The average molecular weight is 654 g/mol. The summed E-state index contributed by atoms with van der Waals surface area (Å²) in [6, 6.07) is 6.22. The van der Waals surface area contributed by atoms with Crippen LogP contribution in [0.4, 0.5) is 30.7 Å². The third-order valence-electron chi connectivity index (χ3n) is 6.76. The van der Waals surface area contributed by atoms with Gasteiger partial charge < -0.3 is 13.9 Å². The van der Waals surface area contributed by atoms with Gasteiger partial charge in [-0.2, -0.15) is 26.3 Å². The molecular weight excluding hydrogens is 619 g/mol. The highest BCUT2D eigenvalue weighted by Gasteiger charge is 2.44. The van der Waals surface area contributed by atoms with Crippen LogP contribution in [0.1, 0.15) is 55.2 Å². The minimum Gasteiger partial charge on any atom is -0.414 e. The number of morpholine rings is 1. The molecule has 238 valence electrons. The molecule has 1 heterocycles. The van der Waals surface area contributed by atoms with Crippen molar-refractivity contribution in [2.45, 2.75) is 70.8 Å². The zero-order valence-corrected chi connectivity index (χ0v) is 26.4. The number of hydrogen-bond acceptors (Lipinski definition) is 4. The molecule has 4 nitrogen and oxygen atoms in total. The van der Waals surface area contributed by atoms with Gasteiger partial charge in [0, 0.05) is 6.54 Å². The molecule has 0 aromatic heterocycles. The Morgan fingerprint density at radius 3 is 2.05 bits per heavy atom. The normalized spacial score (nSPS) is 20.0. The molecule has 0 amide bonds. The van der Waals surface area contributed by atoms with Crippen LogP contribution in [0, 0.1) is 23.1 Å². The molecular formula is C30H35ClF7NO3Si. The van der Waals surface area contributed by atoms with E-state index in [4.69, 9.17) is 25.5 Å². The summed E-state index contributed by atoms with van der Waals surface area (Å²) in [6.07, 6.45) is -13.6. The van der Waals surface area contributed by atoms with Crippen molar-refractivity contribution in [1.82, 2.24) is 4.90 Å². The maximum atomic E-state index is 13.9. The lowest BCUT2D eigenvalue weighted by Crippen LogP contribution is -2.49. The molecule has 2 aromatic rings. The SMILES string of the molecule is C[SiH](C)OC([C@@H](O[C@H]1OCCN(CC#CCCl)[C@H]1c1ccc(F)cc1)c1cc(C(F)(F)F)cc(C(F)(F)F)c1)C(C)(C)C. The molecule has 0 saturated carbocycles. The van der Waals surface area contributed by atoms with Gasteiger partial charge in [-0.1, -0.05) is 44.7 Å². The molecule has 1 fully saturated rings. The van der Waals surface area contributed by atoms with E-state index in [1.54, 1.807) is 20.8 Å². The van der Waals surface area contributed by atoms with Crippen LogP contribution in [-0.2, 0) is 26.3 Å². The van der Waals surface area contributed by atoms with Crippen molar-refractivity contribution < 1.29 is 44.6 Å². The fourth-order valence-corrected chi connectivity index (χ4v) is 6.08. The molecule has 0 aliphatic carbocycles. The molecule has 0 spiro atoms. The summed E-state index contributed by atoms with van der Waals surface area (Å²) in [5, 5.41) is 0. The van der Waals surface area contributed by atoms with Gasteiger partial charge >= 0.3 is 12.4 Å². The quantitative estimate of drug-likeness (QED) is 0.125. The van der Waals surface area contributed by atoms with Gasteiger partial charge in [0.05, 0.1) is 42.3 Å². The second-order valence-electron chi connectivity index (χ2n) is 11.6. The Morgan fingerprint density at radius 2 is 1.56 bits per heavy atom. The Morgan fingerprint density at radius 1 is 0.977 bits per heavy atom. The van der Waals surface area contributed by atoms with Crippen molar-refractivity contribution in [2.75, 3.05) is 25.6 Å². The van der Waals surface area contributed by atoms with Crippen LogP contribution in [0.25, 0.3) is 0 Å². The van der Waals surface area contributed by atoms with E-state index in [1.807, 2.05) is 18.0 Å². The largest absolute Gasteiger partial charge is 0.416 e. The smallest absolute Gasteiger partial charge is 0.414 e. The van der Waals surface area contributed by atoms with E-state index in [0.717, 1.165) is 0 Å². The van der Waals surface area contributed by atoms with E-state index in [0.29, 0.717) is 24.2 Å². The Labute approximate surface area is 254 Å². The predicted molar refractivity (Wildman–Crippen MR) is 152 cm³/mol. The number of halogens is 8. The van der Waals surface area contributed by atoms with Crippen LogP contribution in [-0.4, -0.2) is 51.9 Å². The van der Waals surface area contributed by atoms with Crippen molar-refractivity contribution in [3.05, 3.63) is 70.5 Å². The van der Waals surface area contributed by atoms with E-state index in [9.17, 15) is 30.7 Å². The van der Waals surface area contributed by atoms with Gasteiger partial charge in [-0.3, -0.25) is 4.90 Å². The zero-order valence-electron chi connectivity index (χ0n) is 24.5. The molecule has 1 saturated heterocycles. The zero-order chi connectivity index (χ0) is 32.2. The molecule has 0 bridgehead atoms. The minimum absolute atomic E-state index is 0.0837. The molecule has 1 unspecified atom stereocenters. The highest BCUT2D eigenvalue weighted by Crippen LogP contribution is 2.44. The summed E-state index contributed by atoms with van der Waals surface area (Å²) in [4.78, 5) is 1.88. The van der Waals surface area contributed by atoms with Gasteiger partial charge in [-0.15, -0.1) is 11.6 Å². The van der Waals surface area contributed by atoms with Gasteiger partial charge in [0.25, 0.3) is 0 Å². The first-order valence-electron chi connectivity index (χ1n) is 13.6. The van der Waals surface area contributed by atoms with Gasteiger partial charge in [0.2, 0.25) is 0 Å². The molecule has 1 aliphatic rings. The van der Waals surface area contributed by atoms with Crippen molar-refractivity contribution >= 4 is 20.6 Å². The Bertz CT molecular complexity index is 1240. The Hall–Kier alpha value is -2.14. The Kier molecular flexibility index (Phi) is 11.8. The minimum atomic E-state index is -5.05. The molecule has 0 radical (unpaired) electrons. The van der Waals surface area contributed by atoms with Crippen molar-refractivity contribution in [1.29, 1.82) is 0 Å². The van der Waals surface area contributed by atoms with Crippen LogP contribution in [0.2, 0.25) is 13.1 Å². The second-order valence-corrected chi connectivity index (χ2v) is 14.2. The number of benzene rings is 2. The maximum absolute atomic E-state index is 13.9. The highest BCUT2D eigenvalue weighted by atomic mass is 35.5. The first-order valence-corrected chi connectivity index (χ1v) is 17.0. The van der Waals surface area contributed by atoms with Gasteiger partial charge in [-0.25, -0.2) is 4.39 Å². The second kappa shape index (κ2) is 14.3. The van der Waals surface area contributed by atoms with Crippen molar-refractivity contribution in [3.8, 4) is 11.8 Å². The van der Waals surface area contributed by atoms with Crippen LogP contribution in [0.5, 0.6) is 0 Å². The first kappa shape index (κ1) is 35.3. The van der Waals surface area contributed by atoms with E-state index in [-0.39, 0.29) is 30.7 Å². The number of hydrogen-bond donors (Lipinski definition) is 0. The van der Waals surface area contributed by atoms with E-state index >= 15 is 0 Å². The standard InChI is InChI=1S/C30H35ClF7NO3Si/c1-28(2,3)26(42-43(4)5)25(20-16-21(29(33,34)35)18-22(17-20)30(36,37)38)41-27-24(19-8-10-23(32)11-9-19)39(14-15-40-27)13-7-6-12-31/h8-11,16-18,24-27,43H,12-15H2,1-5H3/t24-,25-,26?,27+/m0/s1. The van der Waals surface area contributed by atoms with Crippen LogP contribution in [0.3, 0.4) is 0 Å². The highest BCUT2D eigenvalue weighted by molar-refractivity contribution is 6.48. The number of alkyl halides is 7. The summed E-state index contributed by atoms with van der Waals surface area (Å²) in [7, 11) is -1.92. The summed E-state index contributed by atoms with van der Waals surface area (Å²) in [5.41, 5.74) is -3.49. The fourth-order valence-electron chi connectivity index (χ4n) is 4.85. The van der Waals surface area contributed by atoms with Crippen LogP contribution < -0.4 is 0 Å². The predicted octanol–water partition coefficient (Wildman–Crippen LogP) is 7.98. The Balaban J connectivity index is 2.22.